The normalized spacial score (nSPS) is 11.4. The molecule has 1 heterocycles. The van der Waals surface area contributed by atoms with Crippen LogP contribution in [0.15, 0.2) is 18.2 Å². The summed E-state index contributed by atoms with van der Waals surface area (Å²) in [6.45, 7) is 0. The molecule has 0 unspecified atom stereocenters. The van der Waals surface area contributed by atoms with Gasteiger partial charge in [0.2, 0.25) is 0 Å². The van der Waals surface area contributed by atoms with Gasteiger partial charge in [-0.05, 0) is 18.2 Å². The number of anilines is 1. The first kappa shape index (κ1) is 8.93. The van der Waals surface area contributed by atoms with E-state index in [0.717, 1.165) is 0 Å². The predicted octanol–water partition coefficient (Wildman–Crippen LogP) is 2.09. The summed E-state index contributed by atoms with van der Waals surface area (Å²) < 4.78 is 26.3. The van der Waals surface area contributed by atoms with Crippen LogP contribution in [0.5, 0.6) is 0 Å². The van der Waals surface area contributed by atoms with Gasteiger partial charge in [0.1, 0.15) is 0 Å². The monoisotopic (exact) mass is 197 g/mol. The van der Waals surface area contributed by atoms with Gasteiger partial charge in [-0.3, -0.25) is 0 Å². The van der Waals surface area contributed by atoms with Gasteiger partial charge in [0.05, 0.1) is 11.0 Å². The maximum Gasteiger partial charge on any atom is 0.295 e. The molecular weight excluding hydrogens is 188 g/mol. The summed E-state index contributed by atoms with van der Waals surface area (Å²) in [5, 5.41) is 0. The third-order valence-corrected chi connectivity index (χ3v) is 2.13. The molecule has 0 saturated heterocycles. The molecule has 0 fully saturated rings. The molecule has 0 amide bonds. The largest absolute Gasteiger partial charge is 0.399 e. The minimum absolute atomic E-state index is 0.231. The Bertz CT molecular complexity index is 476. The van der Waals surface area contributed by atoms with Gasteiger partial charge in [-0.1, -0.05) is 0 Å². The second kappa shape index (κ2) is 2.94. The number of hydrogen-bond donors (Lipinski definition) is 1. The van der Waals surface area contributed by atoms with Crippen molar-refractivity contribution in [3.8, 4) is 0 Å². The third-order valence-electron chi connectivity index (χ3n) is 2.13. The Morgan fingerprint density at radius 2 is 2.14 bits per heavy atom. The van der Waals surface area contributed by atoms with Crippen molar-refractivity contribution in [2.45, 2.75) is 6.43 Å². The van der Waals surface area contributed by atoms with Crippen molar-refractivity contribution in [1.82, 2.24) is 9.55 Å². The zero-order valence-electron chi connectivity index (χ0n) is 7.54. The van der Waals surface area contributed by atoms with Crippen LogP contribution in [0, 0.1) is 0 Å². The number of aromatic nitrogens is 2. The highest BCUT2D eigenvalue weighted by Gasteiger charge is 2.16. The number of benzene rings is 1. The van der Waals surface area contributed by atoms with Crippen molar-refractivity contribution < 1.29 is 8.78 Å². The fourth-order valence-electron chi connectivity index (χ4n) is 1.42. The number of nitrogens with zero attached hydrogens (tertiary/aromatic N) is 2. The van der Waals surface area contributed by atoms with Gasteiger partial charge >= 0.3 is 0 Å². The highest BCUT2D eigenvalue weighted by molar-refractivity contribution is 5.79. The van der Waals surface area contributed by atoms with E-state index in [1.165, 1.54) is 4.57 Å². The molecule has 5 heteroatoms. The van der Waals surface area contributed by atoms with E-state index >= 15 is 0 Å². The van der Waals surface area contributed by atoms with Crippen LogP contribution in [0.3, 0.4) is 0 Å². The number of alkyl halides is 2. The molecule has 0 aliphatic carbocycles. The number of imidazole rings is 1. The van der Waals surface area contributed by atoms with Gasteiger partial charge in [-0.2, -0.15) is 0 Å². The minimum Gasteiger partial charge on any atom is -0.399 e. The molecule has 0 saturated carbocycles. The average Bonchev–Trinajstić information content (AvgIpc) is 2.44. The van der Waals surface area contributed by atoms with Crippen LogP contribution in [-0.2, 0) is 7.05 Å². The molecule has 0 bridgehead atoms. The Morgan fingerprint density at radius 3 is 2.79 bits per heavy atom. The predicted molar refractivity (Wildman–Crippen MR) is 50.1 cm³/mol. The second-order valence-electron chi connectivity index (χ2n) is 3.08. The molecule has 0 aliphatic rings. The lowest BCUT2D eigenvalue weighted by molar-refractivity contribution is 0.137. The van der Waals surface area contributed by atoms with E-state index in [1.807, 2.05) is 0 Å². The van der Waals surface area contributed by atoms with Gasteiger partial charge in [0.25, 0.3) is 6.43 Å². The fourth-order valence-corrected chi connectivity index (χ4v) is 1.42. The zero-order valence-corrected chi connectivity index (χ0v) is 7.54. The van der Waals surface area contributed by atoms with Crippen LogP contribution in [0.25, 0.3) is 11.0 Å². The first-order valence-electron chi connectivity index (χ1n) is 4.09. The van der Waals surface area contributed by atoms with Crippen molar-refractivity contribution in [3.05, 3.63) is 24.0 Å². The molecule has 0 radical (unpaired) electrons. The summed E-state index contributed by atoms with van der Waals surface area (Å²) in [7, 11) is 1.55. The fraction of sp³-hybridized carbons (Fsp3) is 0.222. The van der Waals surface area contributed by atoms with E-state index in [2.05, 4.69) is 4.98 Å². The maximum absolute atomic E-state index is 12.5. The third kappa shape index (κ3) is 1.21. The van der Waals surface area contributed by atoms with Crippen LogP contribution in [0.2, 0.25) is 0 Å². The molecule has 2 N–H and O–H groups in total. The molecule has 74 valence electrons. The Labute approximate surface area is 79.2 Å². The average molecular weight is 197 g/mol. The molecule has 2 aromatic rings. The number of fused-ring (bicyclic) bond motifs is 1. The molecule has 0 spiro atoms. The number of rotatable bonds is 1. The molecule has 3 nitrogen and oxygen atoms in total. The smallest absolute Gasteiger partial charge is 0.295 e. The standard InChI is InChI=1S/C9H9F2N3/c1-14-7-4-5(12)2-3-6(7)13-9(14)8(10)11/h2-4,8H,12H2,1H3. The van der Waals surface area contributed by atoms with Crippen LogP contribution < -0.4 is 5.73 Å². The highest BCUT2D eigenvalue weighted by Crippen LogP contribution is 2.23. The molecule has 0 aliphatic heterocycles. The summed E-state index contributed by atoms with van der Waals surface area (Å²) in [4.78, 5) is 3.81. The van der Waals surface area contributed by atoms with E-state index < -0.39 is 6.43 Å². The summed E-state index contributed by atoms with van der Waals surface area (Å²) in [6, 6.07) is 4.91. The molecule has 14 heavy (non-hydrogen) atoms. The SMILES string of the molecule is Cn1c(C(F)F)nc2ccc(N)cc21. The van der Waals surface area contributed by atoms with Gasteiger partial charge in [-0.15, -0.1) is 0 Å². The van der Waals surface area contributed by atoms with Crippen molar-refractivity contribution >= 4 is 16.7 Å². The summed E-state index contributed by atoms with van der Waals surface area (Å²) in [5.41, 5.74) is 7.26. The van der Waals surface area contributed by atoms with Gasteiger partial charge in [-0.25, -0.2) is 13.8 Å². The first-order chi connectivity index (χ1) is 6.59. The summed E-state index contributed by atoms with van der Waals surface area (Å²) >= 11 is 0. The van der Waals surface area contributed by atoms with Crippen molar-refractivity contribution in [3.63, 3.8) is 0 Å². The molecule has 1 aromatic carbocycles. The van der Waals surface area contributed by atoms with Crippen molar-refractivity contribution in [2.24, 2.45) is 7.05 Å². The van der Waals surface area contributed by atoms with E-state index in [1.54, 1.807) is 25.2 Å². The Balaban J connectivity index is 2.74. The Kier molecular flexibility index (Phi) is 1.87. The van der Waals surface area contributed by atoms with E-state index in [4.69, 9.17) is 5.73 Å². The lowest BCUT2D eigenvalue weighted by atomic mass is 10.3. The number of nitrogen functional groups attached to an aromatic ring is 1. The van der Waals surface area contributed by atoms with Crippen LogP contribution >= 0.6 is 0 Å². The van der Waals surface area contributed by atoms with E-state index in [-0.39, 0.29) is 5.82 Å². The quantitative estimate of drug-likeness (QED) is 0.711. The lowest BCUT2D eigenvalue weighted by Gasteiger charge is -1.99. The van der Waals surface area contributed by atoms with Crippen molar-refractivity contribution in [2.75, 3.05) is 5.73 Å². The molecule has 1 aromatic heterocycles. The van der Waals surface area contributed by atoms with E-state index in [0.29, 0.717) is 16.7 Å². The van der Waals surface area contributed by atoms with Crippen LogP contribution in [-0.4, -0.2) is 9.55 Å². The number of nitrogens with two attached hydrogens (primary N) is 1. The maximum atomic E-state index is 12.5. The van der Waals surface area contributed by atoms with Gasteiger partial charge < -0.3 is 10.3 Å². The first-order valence-corrected chi connectivity index (χ1v) is 4.09. The molecule has 0 atom stereocenters. The number of hydrogen-bond acceptors (Lipinski definition) is 2. The second-order valence-corrected chi connectivity index (χ2v) is 3.08. The summed E-state index contributed by atoms with van der Waals surface area (Å²) in [6.07, 6.45) is -2.56. The van der Waals surface area contributed by atoms with Gasteiger partial charge in [0, 0.05) is 12.7 Å². The van der Waals surface area contributed by atoms with E-state index in [9.17, 15) is 8.78 Å². The molecular formula is C9H9F2N3. The topological polar surface area (TPSA) is 43.8 Å². The highest BCUT2D eigenvalue weighted by atomic mass is 19.3. The summed E-state index contributed by atoms with van der Waals surface area (Å²) in [5.74, 6) is -0.231. The number of aryl methyl sites for hydroxylation is 1. The van der Waals surface area contributed by atoms with Crippen LogP contribution in [0.1, 0.15) is 12.2 Å². The minimum atomic E-state index is -2.56. The Morgan fingerprint density at radius 1 is 1.43 bits per heavy atom. The van der Waals surface area contributed by atoms with Gasteiger partial charge in [0.15, 0.2) is 5.82 Å². The molecule has 2 rings (SSSR count). The van der Waals surface area contributed by atoms with Crippen molar-refractivity contribution in [1.29, 1.82) is 0 Å². The lowest BCUT2D eigenvalue weighted by Crippen LogP contribution is -1.97. The Hall–Kier alpha value is -1.65. The van der Waals surface area contributed by atoms with Crippen LogP contribution in [0.4, 0.5) is 14.5 Å². The number of halogens is 2. The zero-order chi connectivity index (χ0) is 10.3.